The highest BCUT2D eigenvalue weighted by Gasteiger charge is 2.30. The van der Waals surface area contributed by atoms with Crippen LogP contribution in [0.3, 0.4) is 0 Å². The van der Waals surface area contributed by atoms with E-state index in [1.54, 1.807) is 13.8 Å². The van der Waals surface area contributed by atoms with Gasteiger partial charge >= 0.3 is 12.1 Å². The van der Waals surface area contributed by atoms with Crippen molar-refractivity contribution in [3.05, 3.63) is 39.9 Å². The Morgan fingerprint density at radius 2 is 1.77 bits per heavy atom. The van der Waals surface area contributed by atoms with Gasteiger partial charge in [-0.25, -0.2) is 9.18 Å². The van der Waals surface area contributed by atoms with Crippen LogP contribution in [0, 0.1) is 16.0 Å². The average Bonchev–Trinajstić information content (AvgIpc) is 2.68. The van der Waals surface area contributed by atoms with Gasteiger partial charge in [-0.1, -0.05) is 13.8 Å². The van der Waals surface area contributed by atoms with E-state index in [0.717, 1.165) is 0 Å². The van der Waals surface area contributed by atoms with Crippen LogP contribution in [0.15, 0.2) is 24.3 Å². The summed E-state index contributed by atoms with van der Waals surface area (Å²) in [6.07, 6.45) is -1.78. The zero-order valence-electron chi connectivity index (χ0n) is 16.3. The van der Waals surface area contributed by atoms with Gasteiger partial charge in [0.2, 0.25) is 5.91 Å². The van der Waals surface area contributed by atoms with Crippen molar-refractivity contribution in [2.75, 3.05) is 6.67 Å². The third kappa shape index (κ3) is 7.81. The fourth-order valence-corrected chi connectivity index (χ4v) is 2.34. The number of rotatable bonds is 11. The Balaban J connectivity index is 2.71. The molecule has 30 heavy (non-hydrogen) atoms. The van der Waals surface area contributed by atoms with E-state index in [9.17, 15) is 33.7 Å². The topological polar surface area (TPSA) is 165 Å². The summed E-state index contributed by atoms with van der Waals surface area (Å²) in [6.45, 7) is 1.50. The van der Waals surface area contributed by atoms with Gasteiger partial charge in [-0.3, -0.25) is 24.5 Å². The third-order valence-electron chi connectivity index (χ3n) is 3.96. The van der Waals surface area contributed by atoms with E-state index in [-0.39, 0.29) is 12.3 Å². The van der Waals surface area contributed by atoms with E-state index in [4.69, 9.17) is 9.84 Å². The van der Waals surface area contributed by atoms with E-state index >= 15 is 0 Å². The number of ether oxygens (including phenoxy) is 1. The Bertz CT molecular complexity index is 797. The SMILES string of the molecule is CC(C)[C@H](NC(=O)OCc1ccc([N+](=O)[O-])cc1)C(=O)NC(CC(=O)O)C(=O)CF. The summed E-state index contributed by atoms with van der Waals surface area (Å²) in [5.74, 6) is -3.85. The number of alkyl carbamates (subject to hydrolysis) is 1. The van der Waals surface area contributed by atoms with Crippen molar-refractivity contribution >= 4 is 29.4 Å². The molecule has 0 radical (unpaired) electrons. The van der Waals surface area contributed by atoms with Crippen molar-refractivity contribution in [1.82, 2.24) is 10.6 Å². The lowest BCUT2D eigenvalue weighted by atomic mass is 10.0. The molecule has 0 aromatic heterocycles. The smallest absolute Gasteiger partial charge is 0.408 e. The first-order chi connectivity index (χ1) is 14.0. The maximum Gasteiger partial charge on any atom is 0.408 e. The highest BCUT2D eigenvalue weighted by Crippen LogP contribution is 2.13. The number of amides is 2. The van der Waals surface area contributed by atoms with Gasteiger partial charge in [0.25, 0.3) is 5.69 Å². The second-order valence-corrected chi connectivity index (χ2v) is 6.62. The lowest BCUT2D eigenvalue weighted by Crippen LogP contribution is -2.54. The number of carboxylic acid groups (broad SMARTS) is 1. The number of nitro benzene ring substituents is 1. The van der Waals surface area contributed by atoms with Crippen molar-refractivity contribution in [3.8, 4) is 0 Å². The van der Waals surface area contributed by atoms with Crippen LogP contribution in [0.1, 0.15) is 25.8 Å². The molecule has 164 valence electrons. The lowest BCUT2D eigenvalue weighted by Gasteiger charge is -2.24. The molecule has 3 N–H and O–H groups in total. The number of Topliss-reactive ketones (excluding diaryl/α,β-unsaturated/α-hetero) is 1. The number of nitrogens with one attached hydrogen (secondary N) is 2. The van der Waals surface area contributed by atoms with E-state index in [1.807, 2.05) is 0 Å². The molecule has 0 saturated carbocycles. The van der Waals surface area contributed by atoms with Crippen molar-refractivity contribution in [2.45, 2.75) is 39.0 Å². The molecular formula is C18H22FN3O8. The molecule has 2 amide bonds. The molecule has 0 saturated heterocycles. The van der Waals surface area contributed by atoms with Gasteiger partial charge in [0.15, 0.2) is 5.78 Å². The molecule has 0 heterocycles. The summed E-state index contributed by atoms with van der Waals surface area (Å²) in [4.78, 5) is 56.8. The number of alkyl halides is 1. The molecule has 0 spiro atoms. The van der Waals surface area contributed by atoms with Gasteiger partial charge in [0, 0.05) is 12.1 Å². The van der Waals surface area contributed by atoms with Gasteiger partial charge in [-0.05, 0) is 23.6 Å². The van der Waals surface area contributed by atoms with Crippen LogP contribution >= 0.6 is 0 Å². The first-order valence-corrected chi connectivity index (χ1v) is 8.82. The number of non-ortho nitro benzene ring substituents is 1. The van der Waals surface area contributed by atoms with Crippen LogP contribution in [0.2, 0.25) is 0 Å². The van der Waals surface area contributed by atoms with Crippen LogP contribution in [0.4, 0.5) is 14.9 Å². The summed E-state index contributed by atoms with van der Waals surface area (Å²) in [7, 11) is 0. The van der Waals surface area contributed by atoms with Gasteiger partial charge < -0.3 is 20.5 Å². The second-order valence-electron chi connectivity index (χ2n) is 6.62. The second kappa shape index (κ2) is 11.4. The molecule has 1 aromatic rings. The Kier molecular flexibility index (Phi) is 9.33. The Hall–Kier alpha value is -3.57. The number of nitrogens with zero attached hydrogens (tertiary/aromatic N) is 1. The van der Waals surface area contributed by atoms with E-state index in [0.29, 0.717) is 5.56 Å². The molecule has 0 aliphatic heterocycles. The summed E-state index contributed by atoms with van der Waals surface area (Å²) in [5.41, 5.74) is 0.342. The molecule has 12 heteroatoms. The number of ketones is 1. The van der Waals surface area contributed by atoms with Gasteiger partial charge in [0.05, 0.1) is 11.3 Å². The fraction of sp³-hybridized carbons (Fsp3) is 0.444. The number of carboxylic acids is 1. The van der Waals surface area contributed by atoms with Crippen molar-refractivity contribution in [3.63, 3.8) is 0 Å². The quantitative estimate of drug-likeness (QED) is 0.351. The molecule has 1 unspecified atom stereocenters. The number of hydrogen-bond acceptors (Lipinski definition) is 7. The zero-order valence-corrected chi connectivity index (χ0v) is 16.3. The Labute approximate surface area is 170 Å². The molecule has 0 fully saturated rings. The van der Waals surface area contributed by atoms with Crippen molar-refractivity contribution in [1.29, 1.82) is 0 Å². The Morgan fingerprint density at radius 3 is 2.23 bits per heavy atom. The minimum atomic E-state index is -1.57. The molecular weight excluding hydrogens is 405 g/mol. The number of benzene rings is 1. The highest BCUT2D eigenvalue weighted by atomic mass is 19.1. The van der Waals surface area contributed by atoms with E-state index in [1.165, 1.54) is 24.3 Å². The summed E-state index contributed by atoms with van der Waals surface area (Å²) >= 11 is 0. The monoisotopic (exact) mass is 427 g/mol. The minimum absolute atomic E-state index is 0.126. The molecule has 1 rings (SSSR count). The highest BCUT2D eigenvalue weighted by molar-refractivity contribution is 5.94. The molecule has 0 aliphatic rings. The van der Waals surface area contributed by atoms with Crippen LogP contribution in [0.25, 0.3) is 0 Å². The van der Waals surface area contributed by atoms with Crippen LogP contribution in [0.5, 0.6) is 0 Å². The van der Waals surface area contributed by atoms with Crippen LogP contribution in [-0.2, 0) is 25.7 Å². The van der Waals surface area contributed by atoms with Crippen LogP contribution < -0.4 is 10.6 Å². The van der Waals surface area contributed by atoms with Crippen molar-refractivity contribution in [2.24, 2.45) is 5.92 Å². The third-order valence-corrected chi connectivity index (χ3v) is 3.96. The summed E-state index contributed by atoms with van der Waals surface area (Å²) in [6, 6.07) is 2.53. The normalized spacial score (nSPS) is 12.5. The number of carbonyl (C=O) groups is 4. The molecule has 1 aromatic carbocycles. The summed E-state index contributed by atoms with van der Waals surface area (Å²) < 4.78 is 17.6. The number of carbonyl (C=O) groups excluding carboxylic acids is 3. The van der Waals surface area contributed by atoms with Crippen molar-refractivity contribution < 1.29 is 38.3 Å². The molecule has 2 atom stereocenters. The summed E-state index contributed by atoms with van der Waals surface area (Å²) in [5, 5.41) is 23.9. The maximum absolute atomic E-state index is 12.6. The number of hydrogen-bond donors (Lipinski definition) is 3. The first kappa shape index (κ1) is 24.5. The predicted molar refractivity (Wildman–Crippen MR) is 100 cm³/mol. The predicted octanol–water partition coefficient (Wildman–Crippen LogP) is 1.34. The van der Waals surface area contributed by atoms with Crippen LogP contribution in [-0.4, -0.2) is 52.5 Å². The number of nitro groups is 1. The number of aliphatic carboxylic acids is 1. The Morgan fingerprint density at radius 1 is 1.17 bits per heavy atom. The van der Waals surface area contributed by atoms with E-state index in [2.05, 4.69) is 10.6 Å². The van der Waals surface area contributed by atoms with Gasteiger partial charge in [-0.15, -0.1) is 0 Å². The molecule has 0 aliphatic carbocycles. The van der Waals surface area contributed by atoms with E-state index < -0.39 is 59.8 Å². The zero-order chi connectivity index (χ0) is 22.8. The van der Waals surface area contributed by atoms with Gasteiger partial charge in [0.1, 0.15) is 25.4 Å². The molecule has 11 nitrogen and oxygen atoms in total. The number of halogens is 1. The lowest BCUT2D eigenvalue weighted by molar-refractivity contribution is -0.384. The van der Waals surface area contributed by atoms with Gasteiger partial charge in [-0.2, -0.15) is 0 Å². The maximum atomic E-state index is 12.6. The standard InChI is InChI=1S/C18H22FN3O8/c1-10(2)16(17(26)20-13(7-15(24)25)14(23)8-19)21-18(27)30-9-11-3-5-12(6-4-11)22(28)29/h3-6,10,13,16H,7-9H2,1-2H3,(H,20,26)(H,21,27)(H,24,25)/t13?,16-/m0/s1. The molecule has 0 bridgehead atoms. The average molecular weight is 427 g/mol. The fourth-order valence-electron chi connectivity index (χ4n) is 2.34. The minimum Gasteiger partial charge on any atom is -0.481 e. The first-order valence-electron chi connectivity index (χ1n) is 8.82. The largest absolute Gasteiger partial charge is 0.481 e.